The van der Waals surface area contributed by atoms with Gasteiger partial charge in [-0.1, -0.05) is 23.8 Å². The lowest BCUT2D eigenvalue weighted by Gasteiger charge is -2.26. The van der Waals surface area contributed by atoms with E-state index in [1.165, 1.54) is 10.4 Å². The topological polar surface area (TPSA) is 66.6 Å². The molecule has 0 radical (unpaired) electrons. The van der Waals surface area contributed by atoms with E-state index in [4.69, 9.17) is 21.7 Å². The maximum absolute atomic E-state index is 13.0. The number of aryl methyl sites for hydroxylation is 2. The zero-order chi connectivity index (χ0) is 23.7. The van der Waals surface area contributed by atoms with Crippen LogP contribution >= 0.6 is 23.6 Å². The first-order valence-corrected chi connectivity index (χ1v) is 12.4. The Hall–Kier alpha value is -3.36. The van der Waals surface area contributed by atoms with Gasteiger partial charge in [0.25, 0.3) is 5.56 Å². The number of benzene rings is 2. The minimum Gasteiger partial charge on any atom is -0.486 e. The molecule has 8 heteroatoms. The van der Waals surface area contributed by atoms with E-state index < -0.39 is 0 Å². The highest BCUT2D eigenvalue weighted by Gasteiger charge is 2.18. The Kier molecular flexibility index (Phi) is 6.26. The van der Waals surface area contributed by atoms with Crippen LogP contribution in [0.5, 0.6) is 11.5 Å². The molecule has 0 saturated heterocycles. The summed E-state index contributed by atoms with van der Waals surface area (Å²) in [6.07, 6.45) is 0. The molecule has 3 heterocycles. The number of anilines is 1. The van der Waals surface area contributed by atoms with E-state index in [1.807, 2.05) is 40.6 Å². The second kappa shape index (κ2) is 9.48. The third-order valence-electron chi connectivity index (χ3n) is 5.78. The first-order valence-electron chi connectivity index (χ1n) is 11.1. The van der Waals surface area contributed by atoms with Gasteiger partial charge in [0, 0.05) is 27.6 Å². The predicted molar refractivity (Wildman–Crippen MR) is 141 cm³/mol. The van der Waals surface area contributed by atoms with Crippen LogP contribution in [0.2, 0.25) is 0 Å². The molecule has 2 aromatic heterocycles. The normalized spacial score (nSPS) is 12.5. The van der Waals surface area contributed by atoms with Crippen molar-refractivity contribution in [2.24, 2.45) is 0 Å². The molecule has 0 saturated carbocycles. The molecule has 34 heavy (non-hydrogen) atoms. The van der Waals surface area contributed by atoms with E-state index >= 15 is 0 Å². The first-order chi connectivity index (χ1) is 16.5. The molecule has 1 aliphatic heterocycles. The van der Waals surface area contributed by atoms with Gasteiger partial charge in [-0.25, -0.2) is 0 Å². The Morgan fingerprint density at radius 3 is 2.62 bits per heavy atom. The molecule has 2 N–H and O–H groups in total. The van der Waals surface area contributed by atoms with E-state index in [9.17, 15) is 4.79 Å². The fourth-order valence-electron chi connectivity index (χ4n) is 4.05. The summed E-state index contributed by atoms with van der Waals surface area (Å²) in [6.45, 7) is 6.12. The van der Waals surface area contributed by atoms with Gasteiger partial charge in [0.2, 0.25) is 0 Å². The Morgan fingerprint density at radius 1 is 1.09 bits per heavy atom. The second-order valence-electron chi connectivity index (χ2n) is 8.39. The van der Waals surface area contributed by atoms with E-state index in [-0.39, 0.29) is 5.56 Å². The highest BCUT2D eigenvalue weighted by molar-refractivity contribution is 7.80. The van der Waals surface area contributed by atoms with Crippen molar-refractivity contribution in [3.63, 3.8) is 0 Å². The van der Waals surface area contributed by atoms with Gasteiger partial charge in [0.15, 0.2) is 16.6 Å². The van der Waals surface area contributed by atoms with Crippen LogP contribution in [0.3, 0.4) is 0 Å². The number of H-pyrrole nitrogens is 1. The van der Waals surface area contributed by atoms with E-state index in [1.54, 1.807) is 11.3 Å². The highest BCUT2D eigenvalue weighted by atomic mass is 32.1. The van der Waals surface area contributed by atoms with E-state index in [2.05, 4.69) is 42.3 Å². The Labute approximate surface area is 207 Å². The molecular weight excluding hydrogens is 466 g/mol. The number of rotatable bonds is 5. The molecule has 174 valence electrons. The highest BCUT2D eigenvalue weighted by Crippen LogP contribution is 2.33. The summed E-state index contributed by atoms with van der Waals surface area (Å²) >= 11 is 7.48. The number of aromatic nitrogens is 1. The lowest BCUT2D eigenvalue weighted by molar-refractivity contribution is 0.172. The van der Waals surface area contributed by atoms with E-state index in [0.717, 1.165) is 22.2 Å². The number of fused-ring (bicyclic) bond motifs is 2. The number of nitrogens with zero attached hydrogens (tertiary/aromatic N) is 1. The van der Waals surface area contributed by atoms with Gasteiger partial charge in [0.1, 0.15) is 13.2 Å². The Bertz CT molecular complexity index is 1410. The molecule has 6 nitrogen and oxygen atoms in total. The SMILES string of the molecule is Cc1ccc(NC(=S)N(Cc2cccs2)Cc2cc3cc4c(cc3[nH]c2=O)OCCO4)c(C)c1. The van der Waals surface area contributed by atoms with Crippen LogP contribution in [0.4, 0.5) is 5.69 Å². The van der Waals surface area contributed by atoms with Crippen molar-refractivity contribution in [2.75, 3.05) is 18.5 Å². The lowest BCUT2D eigenvalue weighted by Crippen LogP contribution is -2.35. The molecule has 0 unspecified atom stereocenters. The number of nitrogens with one attached hydrogen (secondary N) is 2. The second-order valence-corrected chi connectivity index (χ2v) is 9.81. The standard InChI is InChI=1S/C26H25N3O3S2/c1-16-5-6-21(17(2)10-16)28-26(33)29(15-20-4-3-9-34-20)14-19-11-18-12-23-24(32-8-7-31-23)13-22(18)27-25(19)30/h3-6,9-13H,7-8,14-15H2,1-2H3,(H,27,30)(H,28,33). The van der Waals surface area contributed by atoms with Gasteiger partial charge in [-0.2, -0.15) is 0 Å². The molecule has 0 aliphatic carbocycles. The summed E-state index contributed by atoms with van der Waals surface area (Å²) in [5.41, 5.74) is 4.49. The van der Waals surface area contributed by atoms with Crippen LogP contribution in [0, 0.1) is 13.8 Å². The minimum absolute atomic E-state index is 0.144. The van der Waals surface area contributed by atoms with Crippen molar-refractivity contribution in [1.29, 1.82) is 0 Å². The Morgan fingerprint density at radius 2 is 1.88 bits per heavy atom. The summed E-state index contributed by atoms with van der Waals surface area (Å²) in [7, 11) is 0. The molecule has 0 spiro atoms. The fraction of sp³-hybridized carbons (Fsp3) is 0.231. The molecule has 1 aliphatic rings. The van der Waals surface area contributed by atoms with Gasteiger partial charge in [-0.15, -0.1) is 11.3 Å². The third-order valence-corrected chi connectivity index (χ3v) is 7.00. The molecule has 4 aromatic rings. The van der Waals surface area contributed by atoms with Crippen molar-refractivity contribution < 1.29 is 9.47 Å². The zero-order valence-corrected chi connectivity index (χ0v) is 20.6. The quantitative estimate of drug-likeness (QED) is 0.366. The van der Waals surface area contributed by atoms with Gasteiger partial charge in [-0.05, 0) is 61.3 Å². The summed E-state index contributed by atoms with van der Waals surface area (Å²) in [5, 5.41) is 6.89. The number of thiophene rings is 1. The zero-order valence-electron chi connectivity index (χ0n) is 19.0. The molecule has 5 rings (SSSR count). The molecule has 0 amide bonds. The number of hydrogen-bond acceptors (Lipinski definition) is 5. The fourth-order valence-corrected chi connectivity index (χ4v) is 5.01. The van der Waals surface area contributed by atoms with Gasteiger partial charge in [0.05, 0.1) is 18.6 Å². The number of ether oxygens (including phenoxy) is 2. The number of hydrogen-bond donors (Lipinski definition) is 2. The van der Waals surface area contributed by atoms with Gasteiger partial charge in [-0.3, -0.25) is 4.79 Å². The number of thiocarbonyl (C=S) groups is 1. The van der Waals surface area contributed by atoms with Crippen molar-refractivity contribution in [3.05, 3.63) is 85.8 Å². The van der Waals surface area contributed by atoms with Crippen LogP contribution in [-0.4, -0.2) is 28.2 Å². The Balaban J connectivity index is 1.46. The average molecular weight is 492 g/mol. The molecule has 0 atom stereocenters. The van der Waals surface area contributed by atoms with Gasteiger partial charge >= 0.3 is 0 Å². The van der Waals surface area contributed by atoms with Crippen molar-refractivity contribution in [3.8, 4) is 11.5 Å². The molecule has 0 bridgehead atoms. The van der Waals surface area contributed by atoms with Gasteiger partial charge < -0.3 is 24.7 Å². The largest absolute Gasteiger partial charge is 0.486 e. The average Bonchev–Trinajstić information content (AvgIpc) is 3.33. The van der Waals surface area contributed by atoms with Crippen LogP contribution in [0.25, 0.3) is 10.9 Å². The van der Waals surface area contributed by atoms with Crippen LogP contribution < -0.4 is 20.3 Å². The number of aromatic amines is 1. The van der Waals surface area contributed by atoms with Crippen molar-refractivity contribution >= 4 is 45.3 Å². The van der Waals surface area contributed by atoms with Crippen LogP contribution in [0.15, 0.2) is 58.7 Å². The summed E-state index contributed by atoms with van der Waals surface area (Å²) in [4.78, 5) is 19.2. The summed E-state index contributed by atoms with van der Waals surface area (Å²) in [6, 6.07) is 16.0. The van der Waals surface area contributed by atoms with Crippen LogP contribution in [0.1, 0.15) is 21.6 Å². The first kappa shape index (κ1) is 22.4. The maximum Gasteiger partial charge on any atom is 0.253 e. The summed E-state index contributed by atoms with van der Waals surface area (Å²) < 4.78 is 11.4. The predicted octanol–water partition coefficient (Wildman–Crippen LogP) is 5.38. The summed E-state index contributed by atoms with van der Waals surface area (Å²) in [5.74, 6) is 1.35. The van der Waals surface area contributed by atoms with Crippen LogP contribution in [-0.2, 0) is 13.1 Å². The molecule has 2 aromatic carbocycles. The third kappa shape index (κ3) is 4.78. The monoisotopic (exact) mass is 491 g/mol. The van der Waals surface area contributed by atoms with Crippen molar-refractivity contribution in [1.82, 2.24) is 9.88 Å². The van der Waals surface area contributed by atoms with E-state index in [0.29, 0.717) is 48.5 Å². The number of pyridine rings is 1. The minimum atomic E-state index is -0.144. The van der Waals surface area contributed by atoms with Crippen molar-refractivity contribution in [2.45, 2.75) is 26.9 Å². The smallest absolute Gasteiger partial charge is 0.253 e. The molecule has 0 fully saturated rings. The molecular formula is C26H25N3O3S2. The lowest BCUT2D eigenvalue weighted by atomic mass is 10.1. The maximum atomic E-state index is 13.0.